The minimum Gasteiger partial charge on any atom is -0.480 e. The van der Waals surface area contributed by atoms with Crippen LogP contribution in [0, 0.1) is 0 Å². The van der Waals surface area contributed by atoms with Crippen LogP contribution in [0.25, 0.3) is 0 Å². The molecule has 19 heavy (non-hydrogen) atoms. The number of esters is 1. The SMILES string of the molecule is COC(=O)c1cc(S(=O)(=O)N(C)CC(=O)O)c(Br)s1. The Kier molecular flexibility index (Phi) is 5.07. The van der Waals surface area contributed by atoms with E-state index < -0.39 is 28.5 Å². The van der Waals surface area contributed by atoms with Crippen LogP contribution in [0.2, 0.25) is 0 Å². The Morgan fingerprint density at radius 3 is 2.58 bits per heavy atom. The summed E-state index contributed by atoms with van der Waals surface area (Å²) in [6.45, 7) is -0.668. The number of thiophene rings is 1. The fourth-order valence-corrected chi connectivity index (χ4v) is 4.72. The zero-order valence-electron chi connectivity index (χ0n) is 9.91. The highest BCUT2D eigenvalue weighted by molar-refractivity contribution is 9.11. The molecule has 0 spiro atoms. The van der Waals surface area contributed by atoms with E-state index in [4.69, 9.17) is 5.11 Å². The third kappa shape index (κ3) is 3.53. The van der Waals surface area contributed by atoms with Gasteiger partial charge < -0.3 is 9.84 Å². The third-order valence-electron chi connectivity index (χ3n) is 2.09. The second-order valence-corrected chi connectivity index (χ2v) is 7.78. The van der Waals surface area contributed by atoms with E-state index >= 15 is 0 Å². The number of aliphatic carboxylic acids is 1. The summed E-state index contributed by atoms with van der Waals surface area (Å²) >= 11 is 3.94. The molecule has 7 nitrogen and oxygen atoms in total. The monoisotopic (exact) mass is 371 g/mol. The van der Waals surface area contributed by atoms with Crippen LogP contribution in [0.3, 0.4) is 0 Å². The molecule has 106 valence electrons. The summed E-state index contributed by atoms with van der Waals surface area (Å²) in [5.74, 6) is -1.93. The van der Waals surface area contributed by atoms with Crippen LogP contribution in [-0.2, 0) is 19.6 Å². The molecule has 0 aromatic carbocycles. The second-order valence-electron chi connectivity index (χ2n) is 3.40. The Bertz CT molecular complexity index is 608. The summed E-state index contributed by atoms with van der Waals surface area (Å²) in [6.07, 6.45) is 0. The molecule has 10 heteroatoms. The van der Waals surface area contributed by atoms with E-state index in [0.29, 0.717) is 4.31 Å². The van der Waals surface area contributed by atoms with E-state index in [0.717, 1.165) is 24.5 Å². The number of hydrogen-bond donors (Lipinski definition) is 1. The number of sulfonamides is 1. The van der Waals surface area contributed by atoms with Gasteiger partial charge in [-0.1, -0.05) is 0 Å². The second kappa shape index (κ2) is 5.99. The maximum absolute atomic E-state index is 12.1. The number of likely N-dealkylation sites (N-methyl/N-ethyl adjacent to an activating group) is 1. The van der Waals surface area contributed by atoms with Gasteiger partial charge in [-0.3, -0.25) is 4.79 Å². The summed E-state index contributed by atoms with van der Waals surface area (Å²) in [7, 11) is -1.65. The molecule has 0 saturated carbocycles. The predicted molar refractivity (Wildman–Crippen MR) is 70.8 cm³/mol. The number of methoxy groups -OCH3 is 1. The number of carboxylic acids is 1. The molecule has 0 aliphatic rings. The molecule has 0 amide bonds. The van der Waals surface area contributed by atoms with Crippen molar-refractivity contribution in [2.45, 2.75) is 4.90 Å². The number of nitrogens with zero attached hydrogens (tertiary/aromatic N) is 1. The van der Waals surface area contributed by atoms with Gasteiger partial charge in [-0.2, -0.15) is 4.31 Å². The molecule has 1 N–H and O–H groups in total. The average Bonchev–Trinajstić information content (AvgIpc) is 2.70. The standard InChI is InChI=1S/C9H10BrNO6S2/c1-11(4-7(12)13)19(15,16)6-3-5(9(14)17-2)18-8(6)10/h3H,4H2,1-2H3,(H,12,13). The highest BCUT2D eigenvalue weighted by Gasteiger charge is 2.28. The Morgan fingerprint density at radius 1 is 1.53 bits per heavy atom. The lowest BCUT2D eigenvalue weighted by Gasteiger charge is -2.13. The van der Waals surface area contributed by atoms with Gasteiger partial charge in [0.1, 0.15) is 16.3 Å². The lowest BCUT2D eigenvalue weighted by atomic mass is 10.5. The van der Waals surface area contributed by atoms with Crippen LogP contribution in [0.15, 0.2) is 14.7 Å². The number of carboxylic acid groups (broad SMARTS) is 1. The summed E-state index contributed by atoms with van der Waals surface area (Å²) in [6, 6.07) is 1.15. The molecule has 0 aliphatic heterocycles. The Balaban J connectivity index is 3.18. The molecule has 0 saturated heterocycles. The van der Waals surface area contributed by atoms with Crippen molar-refractivity contribution >= 4 is 49.2 Å². The molecule has 0 bridgehead atoms. The predicted octanol–water partition coefficient (Wildman–Crippen LogP) is 1.00. The molecule has 0 unspecified atom stereocenters. The topological polar surface area (TPSA) is 101 Å². The summed E-state index contributed by atoms with van der Waals surface area (Å²) in [5.41, 5.74) is 0. The first-order valence-electron chi connectivity index (χ1n) is 4.76. The molecular formula is C9H10BrNO6S2. The lowest BCUT2D eigenvalue weighted by Crippen LogP contribution is -2.32. The van der Waals surface area contributed by atoms with Crippen molar-refractivity contribution in [3.8, 4) is 0 Å². The lowest BCUT2D eigenvalue weighted by molar-refractivity contribution is -0.137. The van der Waals surface area contributed by atoms with E-state index in [1.807, 2.05) is 0 Å². The van der Waals surface area contributed by atoms with Gasteiger partial charge in [-0.05, 0) is 22.0 Å². The van der Waals surface area contributed by atoms with Gasteiger partial charge in [0, 0.05) is 7.05 Å². The van der Waals surface area contributed by atoms with Gasteiger partial charge in [0.25, 0.3) is 0 Å². The molecule has 0 atom stereocenters. The number of rotatable bonds is 5. The van der Waals surface area contributed by atoms with Crippen LogP contribution < -0.4 is 0 Å². The highest BCUT2D eigenvalue weighted by Crippen LogP contribution is 2.33. The maximum Gasteiger partial charge on any atom is 0.348 e. The largest absolute Gasteiger partial charge is 0.480 e. The zero-order valence-corrected chi connectivity index (χ0v) is 13.1. The van der Waals surface area contributed by atoms with Crippen LogP contribution in [-0.4, -0.2) is 50.5 Å². The number of carbonyl (C=O) groups excluding carboxylic acids is 1. The zero-order chi connectivity index (χ0) is 14.8. The average molecular weight is 372 g/mol. The minimum atomic E-state index is -3.98. The normalized spacial score (nSPS) is 11.6. The van der Waals surface area contributed by atoms with Crippen molar-refractivity contribution in [3.05, 3.63) is 14.7 Å². The first-order chi connectivity index (χ1) is 8.70. The van der Waals surface area contributed by atoms with E-state index in [9.17, 15) is 18.0 Å². The molecule has 1 aromatic heterocycles. The van der Waals surface area contributed by atoms with Gasteiger partial charge in [0.15, 0.2) is 0 Å². The van der Waals surface area contributed by atoms with Crippen molar-refractivity contribution in [3.63, 3.8) is 0 Å². The number of hydrogen-bond acceptors (Lipinski definition) is 6. The van der Waals surface area contributed by atoms with Crippen molar-refractivity contribution in [1.29, 1.82) is 0 Å². The third-order valence-corrected chi connectivity index (χ3v) is 6.12. The number of carbonyl (C=O) groups is 2. The fourth-order valence-electron chi connectivity index (χ4n) is 1.17. The summed E-state index contributed by atoms with van der Waals surface area (Å²) in [4.78, 5) is 21.8. The highest BCUT2D eigenvalue weighted by atomic mass is 79.9. The van der Waals surface area contributed by atoms with Crippen LogP contribution in [0.1, 0.15) is 9.67 Å². The van der Waals surface area contributed by atoms with Gasteiger partial charge in [-0.25, -0.2) is 13.2 Å². The first-order valence-corrected chi connectivity index (χ1v) is 7.81. The maximum atomic E-state index is 12.1. The van der Waals surface area contributed by atoms with Gasteiger partial charge in [0.2, 0.25) is 10.0 Å². The smallest absolute Gasteiger partial charge is 0.348 e. The Morgan fingerprint density at radius 2 is 2.11 bits per heavy atom. The molecular weight excluding hydrogens is 362 g/mol. The van der Waals surface area contributed by atoms with Crippen molar-refractivity contribution in [2.75, 3.05) is 20.7 Å². The molecule has 0 radical (unpaired) electrons. The van der Waals surface area contributed by atoms with Crippen LogP contribution in [0.4, 0.5) is 0 Å². The van der Waals surface area contributed by atoms with Crippen molar-refractivity contribution < 1.29 is 27.9 Å². The molecule has 1 aromatic rings. The van der Waals surface area contributed by atoms with Gasteiger partial charge in [-0.15, -0.1) is 11.3 Å². The van der Waals surface area contributed by atoms with E-state index in [-0.39, 0.29) is 13.6 Å². The molecule has 1 rings (SSSR count). The fraction of sp³-hybridized carbons (Fsp3) is 0.333. The van der Waals surface area contributed by atoms with Crippen molar-refractivity contribution in [2.24, 2.45) is 0 Å². The van der Waals surface area contributed by atoms with E-state index in [1.54, 1.807) is 0 Å². The summed E-state index contributed by atoms with van der Waals surface area (Å²) < 4.78 is 29.6. The van der Waals surface area contributed by atoms with Gasteiger partial charge >= 0.3 is 11.9 Å². The van der Waals surface area contributed by atoms with E-state index in [2.05, 4.69) is 20.7 Å². The number of halogens is 1. The van der Waals surface area contributed by atoms with Crippen molar-refractivity contribution in [1.82, 2.24) is 4.31 Å². The molecule has 0 aliphatic carbocycles. The van der Waals surface area contributed by atoms with Gasteiger partial charge in [0.05, 0.1) is 10.9 Å². The first kappa shape index (κ1) is 16.1. The van der Waals surface area contributed by atoms with Crippen LogP contribution in [0.5, 0.6) is 0 Å². The quantitative estimate of drug-likeness (QED) is 0.774. The van der Waals surface area contributed by atoms with Crippen LogP contribution >= 0.6 is 27.3 Å². The van der Waals surface area contributed by atoms with E-state index in [1.165, 1.54) is 7.11 Å². The number of ether oxygens (including phenoxy) is 1. The minimum absolute atomic E-state index is 0.108. The Hall–Kier alpha value is -0.970. The molecule has 1 heterocycles. The molecule has 0 fully saturated rings. The summed E-state index contributed by atoms with van der Waals surface area (Å²) in [5, 5.41) is 8.61. The Labute approximate surface area is 122 Å².